The van der Waals surface area contributed by atoms with Crippen LogP contribution in [-0.2, 0) is 5.60 Å². The lowest BCUT2D eigenvalue weighted by atomic mass is 10.0. The number of aliphatic hydroxyl groups is 1. The highest BCUT2D eigenvalue weighted by molar-refractivity contribution is 5.31. The van der Waals surface area contributed by atoms with Crippen molar-refractivity contribution in [3.05, 3.63) is 23.7 Å². The topological polar surface area (TPSA) is 33.4 Å². The SMILES string of the molecule is CCCC1CC1(O)c1ccoc1C. The van der Waals surface area contributed by atoms with Crippen LogP contribution >= 0.6 is 0 Å². The molecule has 0 saturated heterocycles. The molecule has 2 atom stereocenters. The van der Waals surface area contributed by atoms with E-state index in [0.717, 1.165) is 30.6 Å². The highest BCUT2D eigenvalue weighted by Gasteiger charge is 2.54. The summed E-state index contributed by atoms with van der Waals surface area (Å²) in [6.45, 7) is 4.07. The van der Waals surface area contributed by atoms with Gasteiger partial charge in [0.25, 0.3) is 0 Å². The van der Waals surface area contributed by atoms with Crippen molar-refractivity contribution < 1.29 is 9.52 Å². The molecule has 0 spiro atoms. The molecule has 0 radical (unpaired) electrons. The highest BCUT2D eigenvalue weighted by Crippen LogP contribution is 2.55. The van der Waals surface area contributed by atoms with E-state index >= 15 is 0 Å². The molecule has 1 aliphatic carbocycles. The van der Waals surface area contributed by atoms with E-state index in [9.17, 15) is 5.11 Å². The van der Waals surface area contributed by atoms with Gasteiger partial charge in [-0.15, -0.1) is 0 Å². The number of hydrogen-bond donors (Lipinski definition) is 1. The van der Waals surface area contributed by atoms with Crippen LogP contribution in [0.3, 0.4) is 0 Å². The summed E-state index contributed by atoms with van der Waals surface area (Å²) in [7, 11) is 0. The second-order valence-corrected chi connectivity index (χ2v) is 4.00. The Bertz CT molecular complexity index is 303. The highest BCUT2D eigenvalue weighted by atomic mass is 16.3. The van der Waals surface area contributed by atoms with E-state index in [0.29, 0.717) is 5.92 Å². The molecule has 2 rings (SSSR count). The Morgan fingerprint density at radius 3 is 3.00 bits per heavy atom. The number of aryl methyl sites for hydroxylation is 1. The van der Waals surface area contributed by atoms with E-state index in [4.69, 9.17) is 4.42 Å². The molecule has 0 aliphatic heterocycles. The fourth-order valence-electron chi connectivity index (χ4n) is 2.17. The molecule has 0 bridgehead atoms. The normalized spacial score (nSPS) is 32.1. The van der Waals surface area contributed by atoms with Crippen molar-refractivity contribution in [3.8, 4) is 0 Å². The Hall–Kier alpha value is -0.760. The molecule has 0 amide bonds. The maximum atomic E-state index is 10.2. The second kappa shape index (κ2) is 2.88. The van der Waals surface area contributed by atoms with Gasteiger partial charge >= 0.3 is 0 Å². The van der Waals surface area contributed by atoms with E-state index in [2.05, 4.69) is 6.92 Å². The number of hydrogen-bond acceptors (Lipinski definition) is 2. The lowest BCUT2D eigenvalue weighted by molar-refractivity contribution is 0.127. The minimum atomic E-state index is -0.562. The summed E-state index contributed by atoms with van der Waals surface area (Å²) < 4.78 is 5.20. The molecule has 1 fully saturated rings. The Morgan fingerprint density at radius 2 is 2.46 bits per heavy atom. The van der Waals surface area contributed by atoms with Gasteiger partial charge in [-0.2, -0.15) is 0 Å². The second-order valence-electron chi connectivity index (χ2n) is 4.00. The van der Waals surface area contributed by atoms with E-state index in [1.807, 2.05) is 13.0 Å². The molecular weight excluding hydrogens is 164 g/mol. The molecular formula is C11H16O2. The minimum Gasteiger partial charge on any atom is -0.469 e. The van der Waals surface area contributed by atoms with Gasteiger partial charge in [0.1, 0.15) is 5.76 Å². The molecule has 1 heterocycles. The largest absolute Gasteiger partial charge is 0.469 e. The van der Waals surface area contributed by atoms with Gasteiger partial charge in [-0.3, -0.25) is 0 Å². The summed E-state index contributed by atoms with van der Waals surface area (Å²) >= 11 is 0. The first-order chi connectivity index (χ1) is 6.18. The van der Waals surface area contributed by atoms with Crippen molar-refractivity contribution in [3.63, 3.8) is 0 Å². The van der Waals surface area contributed by atoms with E-state index < -0.39 is 5.60 Å². The smallest absolute Gasteiger partial charge is 0.106 e. The maximum absolute atomic E-state index is 10.2. The van der Waals surface area contributed by atoms with Crippen molar-refractivity contribution in [2.24, 2.45) is 5.92 Å². The molecule has 1 N–H and O–H groups in total. The molecule has 13 heavy (non-hydrogen) atoms. The first-order valence-corrected chi connectivity index (χ1v) is 4.95. The van der Waals surface area contributed by atoms with Gasteiger partial charge in [0, 0.05) is 5.56 Å². The van der Waals surface area contributed by atoms with Crippen molar-refractivity contribution in [2.75, 3.05) is 0 Å². The molecule has 72 valence electrons. The molecule has 1 aliphatic rings. The standard InChI is InChI=1S/C11H16O2/c1-3-4-9-7-11(9,12)10-5-6-13-8(10)2/h5-6,9,12H,3-4,7H2,1-2H3. The lowest BCUT2D eigenvalue weighted by Gasteiger charge is -2.08. The van der Waals surface area contributed by atoms with E-state index in [1.54, 1.807) is 6.26 Å². The fourth-order valence-corrected chi connectivity index (χ4v) is 2.17. The number of furan rings is 1. The van der Waals surface area contributed by atoms with Crippen LogP contribution in [0.15, 0.2) is 16.7 Å². The quantitative estimate of drug-likeness (QED) is 0.775. The van der Waals surface area contributed by atoms with Crippen LogP contribution in [0.2, 0.25) is 0 Å². The first kappa shape index (κ1) is 8.82. The van der Waals surface area contributed by atoms with Crippen LogP contribution in [0.5, 0.6) is 0 Å². The molecule has 1 aromatic rings. The Morgan fingerprint density at radius 1 is 1.69 bits per heavy atom. The maximum Gasteiger partial charge on any atom is 0.106 e. The van der Waals surface area contributed by atoms with Crippen molar-refractivity contribution >= 4 is 0 Å². The van der Waals surface area contributed by atoms with Crippen LogP contribution in [0.4, 0.5) is 0 Å². The average Bonchev–Trinajstić information content (AvgIpc) is 2.56. The first-order valence-electron chi connectivity index (χ1n) is 4.95. The third kappa shape index (κ3) is 1.29. The van der Waals surface area contributed by atoms with Crippen LogP contribution in [-0.4, -0.2) is 5.11 Å². The molecule has 1 saturated carbocycles. The minimum absolute atomic E-state index is 0.453. The molecule has 0 aromatic carbocycles. The third-order valence-corrected chi connectivity index (χ3v) is 3.04. The summed E-state index contributed by atoms with van der Waals surface area (Å²) in [5.41, 5.74) is 0.429. The fraction of sp³-hybridized carbons (Fsp3) is 0.636. The van der Waals surface area contributed by atoms with Crippen LogP contribution in [0, 0.1) is 12.8 Å². The third-order valence-electron chi connectivity index (χ3n) is 3.04. The monoisotopic (exact) mass is 180 g/mol. The van der Waals surface area contributed by atoms with Gasteiger partial charge in [0.15, 0.2) is 0 Å². The van der Waals surface area contributed by atoms with Gasteiger partial charge in [-0.1, -0.05) is 13.3 Å². The molecule has 2 unspecified atom stereocenters. The summed E-state index contributed by atoms with van der Waals surface area (Å²) in [6.07, 6.45) is 4.82. The van der Waals surface area contributed by atoms with Crippen LogP contribution in [0.1, 0.15) is 37.5 Å². The zero-order valence-corrected chi connectivity index (χ0v) is 8.21. The van der Waals surface area contributed by atoms with Crippen LogP contribution in [0.25, 0.3) is 0 Å². The summed E-state index contributed by atoms with van der Waals surface area (Å²) in [4.78, 5) is 0. The summed E-state index contributed by atoms with van der Waals surface area (Å²) in [5, 5.41) is 10.2. The van der Waals surface area contributed by atoms with Crippen LogP contribution < -0.4 is 0 Å². The van der Waals surface area contributed by atoms with Gasteiger partial charge < -0.3 is 9.52 Å². The van der Waals surface area contributed by atoms with E-state index in [-0.39, 0.29) is 0 Å². The zero-order valence-electron chi connectivity index (χ0n) is 8.21. The summed E-state index contributed by atoms with van der Waals surface area (Å²) in [6, 6.07) is 1.89. The Kier molecular flexibility index (Phi) is 1.95. The average molecular weight is 180 g/mol. The van der Waals surface area contributed by atoms with Crippen molar-refractivity contribution in [1.29, 1.82) is 0 Å². The predicted molar refractivity (Wildman–Crippen MR) is 50.4 cm³/mol. The Balaban J connectivity index is 2.15. The molecule has 1 aromatic heterocycles. The van der Waals surface area contributed by atoms with Crippen molar-refractivity contribution in [2.45, 2.75) is 38.7 Å². The van der Waals surface area contributed by atoms with Gasteiger partial charge in [0.05, 0.1) is 11.9 Å². The lowest BCUT2D eigenvalue weighted by Crippen LogP contribution is -2.08. The van der Waals surface area contributed by atoms with Crippen molar-refractivity contribution in [1.82, 2.24) is 0 Å². The predicted octanol–water partition coefficient (Wildman–Crippen LogP) is 2.60. The van der Waals surface area contributed by atoms with Gasteiger partial charge in [-0.05, 0) is 31.7 Å². The zero-order chi connectivity index (χ0) is 9.47. The number of rotatable bonds is 3. The summed E-state index contributed by atoms with van der Waals surface area (Å²) in [5.74, 6) is 1.31. The Labute approximate surface area is 78.6 Å². The van der Waals surface area contributed by atoms with Gasteiger partial charge in [0.2, 0.25) is 0 Å². The van der Waals surface area contributed by atoms with E-state index in [1.165, 1.54) is 0 Å². The molecule has 2 heteroatoms. The van der Waals surface area contributed by atoms with Gasteiger partial charge in [-0.25, -0.2) is 0 Å². The molecule has 2 nitrogen and oxygen atoms in total.